The first-order valence-electron chi connectivity index (χ1n) is 8.18. The molecule has 3 nitrogen and oxygen atoms in total. The zero-order valence-electron chi connectivity index (χ0n) is 13.2. The van der Waals surface area contributed by atoms with E-state index in [2.05, 4.69) is 53.9 Å². The lowest BCUT2D eigenvalue weighted by atomic mass is 9.94. The van der Waals surface area contributed by atoms with Crippen LogP contribution in [0.5, 0.6) is 5.75 Å². The molecule has 0 spiro atoms. The third kappa shape index (κ3) is 2.78. The van der Waals surface area contributed by atoms with E-state index in [0.29, 0.717) is 0 Å². The Labute approximate surface area is 137 Å². The van der Waals surface area contributed by atoms with Gasteiger partial charge in [0.05, 0.1) is 13.2 Å². The third-order valence-corrected chi connectivity index (χ3v) is 4.61. The first-order valence-corrected chi connectivity index (χ1v) is 8.18. The summed E-state index contributed by atoms with van der Waals surface area (Å²) in [5, 5.41) is 0. The van der Waals surface area contributed by atoms with E-state index < -0.39 is 0 Å². The molecule has 0 amide bonds. The molecular weight excluding hydrogens is 286 g/mol. The van der Waals surface area contributed by atoms with Crippen molar-refractivity contribution in [2.24, 2.45) is 0 Å². The Morgan fingerprint density at radius 1 is 0.913 bits per heavy atom. The van der Waals surface area contributed by atoms with Gasteiger partial charge in [-0.2, -0.15) is 0 Å². The van der Waals surface area contributed by atoms with Crippen LogP contribution in [0.3, 0.4) is 0 Å². The van der Waals surface area contributed by atoms with Crippen molar-refractivity contribution in [2.75, 3.05) is 26.3 Å². The standard InChI is InChI=1S/C20H21NO2/c1-15-14-19(21-10-12-22-13-11-21)23-20-17(15)8-5-9-18(20)16-6-3-2-4-7-16/h2-9,19H,1,10-14H2. The van der Waals surface area contributed by atoms with Crippen LogP contribution in [0, 0.1) is 0 Å². The Kier molecular flexibility index (Phi) is 3.90. The summed E-state index contributed by atoms with van der Waals surface area (Å²) < 4.78 is 11.9. The van der Waals surface area contributed by atoms with Gasteiger partial charge in [0.1, 0.15) is 5.75 Å². The summed E-state index contributed by atoms with van der Waals surface area (Å²) >= 11 is 0. The minimum absolute atomic E-state index is 0.0590. The molecule has 0 aliphatic carbocycles. The SMILES string of the molecule is C=C1CC(N2CCOCC2)Oc2c1cccc2-c1ccccc1. The molecule has 3 heteroatoms. The van der Waals surface area contributed by atoms with Crippen LogP contribution >= 0.6 is 0 Å². The maximum atomic E-state index is 6.44. The average molecular weight is 307 g/mol. The lowest BCUT2D eigenvalue weighted by Crippen LogP contribution is -2.47. The lowest BCUT2D eigenvalue weighted by molar-refractivity contribution is -0.0452. The number of nitrogens with zero attached hydrogens (tertiary/aromatic N) is 1. The van der Waals surface area contributed by atoms with Gasteiger partial charge in [-0.3, -0.25) is 4.90 Å². The summed E-state index contributed by atoms with van der Waals surface area (Å²) in [5.41, 5.74) is 4.61. The minimum atomic E-state index is 0.0590. The van der Waals surface area contributed by atoms with Crippen LogP contribution in [0.25, 0.3) is 16.7 Å². The number of benzene rings is 2. The average Bonchev–Trinajstić information content (AvgIpc) is 2.63. The van der Waals surface area contributed by atoms with Gasteiger partial charge in [-0.25, -0.2) is 0 Å². The monoisotopic (exact) mass is 307 g/mol. The first-order chi connectivity index (χ1) is 11.3. The predicted octanol–water partition coefficient (Wildman–Crippen LogP) is 3.81. The van der Waals surface area contributed by atoms with Crippen LogP contribution < -0.4 is 4.74 Å². The predicted molar refractivity (Wildman–Crippen MR) is 92.3 cm³/mol. The van der Waals surface area contributed by atoms with Crippen molar-refractivity contribution in [1.82, 2.24) is 4.90 Å². The summed E-state index contributed by atoms with van der Waals surface area (Å²) in [6, 6.07) is 16.7. The van der Waals surface area contributed by atoms with Crippen LogP contribution in [0.1, 0.15) is 12.0 Å². The van der Waals surface area contributed by atoms with Crippen molar-refractivity contribution < 1.29 is 9.47 Å². The van der Waals surface area contributed by atoms with E-state index in [4.69, 9.17) is 9.47 Å². The number of ether oxygens (including phenoxy) is 2. The fraction of sp³-hybridized carbons (Fsp3) is 0.300. The number of hydrogen-bond acceptors (Lipinski definition) is 3. The van der Waals surface area contributed by atoms with Crippen LogP contribution in [0.4, 0.5) is 0 Å². The molecule has 1 saturated heterocycles. The molecular formula is C20H21NO2. The van der Waals surface area contributed by atoms with Crippen LogP contribution in [-0.2, 0) is 4.74 Å². The number of rotatable bonds is 2. The lowest BCUT2D eigenvalue weighted by Gasteiger charge is -2.38. The molecule has 0 aromatic heterocycles. The van der Waals surface area contributed by atoms with E-state index in [1.807, 2.05) is 6.07 Å². The fourth-order valence-electron chi connectivity index (χ4n) is 3.35. The second kappa shape index (κ2) is 6.19. The highest BCUT2D eigenvalue weighted by atomic mass is 16.5. The molecule has 0 bridgehead atoms. The highest BCUT2D eigenvalue weighted by Gasteiger charge is 2.30. The van der Waals surface area contributed by atoms with E-state index in [9.17, 15) is 0 Å². The quantitative estimate of drug-likeness (QED) is 0.842. The Hall–Kier alpha value is -2.10. The smallest absolute Gasteiger partial charge is 0.156 e. The fourth-order valence-corrected chi connectivity index (χ4v) is 3.35. The van der Waals surface area contributed by atoms with Crippen LogP contribution in [0.15, 0.2) is 55.1 Å². The van der Waals surface area contributed by atoms with Gasteiger partial charge in [0, 0.05) is 30.6 Å². The van der Waals surface area contributed by atoms with E-state index in [-0.39, 0.29) is 6.23 Å². The highest BCUT2D eigenvalue weighted by Crippen LogP contribution is 2.42. The molecule has 0 radical (unpaired) electrons. The highest BCUT2D eigenvalue weighted by molar-refractivity contribution is 5.81. The Bertz CT molecular complexity index is 705. The molecule has 118 valence electrons. The van der Waals surface area contributed by atoms with Crippen LogP contribution in [0.2, 0.25) is 0 Å². The molecule has 1 unspecified atom stereocenters. The van der Waals surface area contributed by atoms with Gasteiger partial charge in [0.25, 0.3) is 0 Å². The van der Waals surface area contributed by atoms with Crippen molar-refractivity contribution in [3.8, 4) is 16.9 Å². The minimum Gasteiger partial charge on any atom is -0.473 e. The Morgan fingerprint density at radius 2 is 1.65 bits per heavy atom. The third-order valence-electron chi connectivity index (χ3n) is 4.61. The summed E-state index contributed by atoms with van der Waals surface area (Å²) in [6.45, 7) is 7.69. The molecule has 0 N–H and O–H groups in total. The van der Waals surface area contributed by atoms with Gasteiger partial charge >= 0.3 is 0 Å². The summed E-state index contributed by atoms with van der Waals surface area (Å²) in [4.78, 5) is 2.36. The zero-order chi connectivity index (χ0) is 15.6. The largest absolute Gasteiger partial charge is 0.473 e. The zero-order valence-corrected chi connectivity index (χ0v) is 13.2. The Balaban J connectivity index is 1.71. The Morgan fingerprint density at radius 3 is 2.43 bits per heavy atom. The topological polar surface area (TPSA) is 21.7 Å². The van der Waals surface area contributed by atoms with Gasteiger partial charge in [-0.1, -0.05) is 55.1 Å². The molecule has 0 saturated carbocycles. The maximum Gasteiger partial charge on any atom is 0.156 e. The number of para-hydroxylation sites is 1. The van der Waals surface area contributed by atoms with Crippen molar-refractivity contribution >= 4 is 5.57 Å². The molecule has 23 heavy (non-hydrogen) atoms. The van der Waals surface area contributed by atoms with E-state index in [1.165, 1.54) is 5.56 Å². The maximum absolute atomic E-state index is 6.44. The van der Waals surface area contributed by atoms with Gasteiger partial charge in [0.15, 0.2) is 6.23 Å². The second-order valence-electron chi connectivity index (χ2n) is 6.08. The number of fused-ring (bicyclic) bond motifs is 1. The van der Waals surface area contributed by atoms with Gasteiger partial charge in [-0.15, -0.1) is 0 Å². The van der Waals surface area contributed by atoms with E-state index in [0.717, 1.165) is 55.2 Å². The van der Waals surface area contributed by atoms with Crippen molar-refractivity contribution in [3.63, 3.8) is 0 Å². The molecule has 2 heterocycles. The summed E-state index contributed by atoms with van der Waals surface area (Å²) in [7, 11) is 0. The van der Waals surface area contributed by atoms with Crippen molar-refractivity contribution in [2.45, 2.75) is 12.6 Å². The molecule has 2 aromatic carbocycles. The molecule has 1 fully saturated rings. The molecule has 2 aliphatic rings. The molecule has 2 aromatic rings. The number of hydrogen-bond donors (Lipinski definition) is 0. The van der Waals surface area contributed by atoms with Crippen LogP contribution in [-0.4, -0.2) is 37.4 Å². The van der Waals surface area contributed by atoms with Gasteiger partial charge in [-0.05, 0) is 11.1 Å². The molecule has 1 atom stereocenters. The second-order valence-corrected chi connectivity index (χ2v) is 6.08. The van der Waals surface area contributed by atoms with Gasteiger partial charge < -0.3 is 9.47 Å². The van der Waals surface area contributed by atoms with Gasteiger partial charge in [0.2, 0.25) is 0 Å². The molecule has 2 aliphatic heterocycles. The number of morpholine rings is 1. The summed E-state index contributed by atoms with van der Waals surface area (Å²) in [6.07, 6.45) is 0.911. The summed E-state index contributed by atoms with van der Waals surface area (Å²) in [5.74, 6) is 0.964. The molecule has 4 rings (SSSR count). The van der Waals surface area contributed by atoms with E-state index >= 15 is 0 Å². The van der Waals surface area contributed by atoms with Crippen molar-refractivity contribution in [3.05, 3.63) is 60.7 Å². The normalized spacial score (nSPS) is 21.6. The van der Waals surface area contributed by atoms with Crippen molar-refractivity contribution in [1.29, 1.82) is 0 Å². The van der Waals surface area contributed by atoms with E-state index in [1.54, 1.807) is 0 Å². The first kappa shape index (κ1) is 14.5.